The largest absolute Gasteiger partial charge is 0.302 e. The van der Waals surface area contributed by atoms with Crippen LogP contribution < -0.4 is 10.6 Å². The molecule has 0 aromatic carbocycles. The van der Waals surface area contributed by atoms with E-state index in [0.29, 0.717) is 6.17 Å². The molecule has 0 aromatic rings. The molecule has 0 radical (unpaired) electrons. The maximum Gasteiger partial charge on any atom is 0.0571 e. The molecule has 0 fully saturated rings. The molecule has 0 rings (SSSR count). The van der Waals surface area contributed by atoms with E-state index in [1.54, 1.807) is 0 Å². The molecule has 0 atom stereocenters. The molecule has 0 aromatic heterocycles. The van der Waals surface area contributed by atoms with E-state index in [2.05, 4.69) is 31.4 Å². The standard InChI is InChI=1S/C11H26N2/c1-4-7-8-11(12-9-5-2)13-10-6-3/h11-13H,4-10H2,1-3H3. The lowest BCUT2D eigenvalue weighted by molar-refractivity contribution is 0.391. The first-order valence-corrected chi connectivity index (χ1v) is 5.81. The highest BCUT2D eigenvalue weighted by atomic mass is 15.1. The van der Waals surface area contributed by atoms with Gasteiger partial charge in [-0.3, -0.25) is 0 Å². The van der Waals surface area contributed by atoms with Crippen LogP contribution in [0.15, 0.2) is 0 Å². The molecule has 0 aliphatic rings. The van der Waals surface area contributed by atoms with Crippen LogP contribution in [0.25, 0.3) is 0 Å². The zero-order valence-electron chi connectivity index (χ0n) is 9.53. The van der Waals surface area contributed by atoms with Crippen molar-refractivity contribution in [2.75, 3.05) is 13.1 Å². The number of nitrogens with one attached hydrogen (secondary N) is 2. The summed E-state index contributed by atoms with van der Waals surface area (Å²) in [6.45, 7) is 8.93. The van der Waals surface area contributed by atoms with Gasteiger partial charge in [0.1, 0.15) is 0 Å². The Kier molecular flexibility index (Phi) is 9.94. The van der Waals surface area contributed by atoms with E-state index in [4.69, 9.17) is 0 Å². The van der Waals surface area contributed by atoms with Crippen LogP contribution >= 0.6 is 0 Å². The van der Waals surface area contributed by atoms with Crippen LogP contribution in [0.4, 0.5) is 0 Å². The van der Waals surface area contributed by atoms with Crippen LogP contribution in [0.5, 0.6) is 0 Å². The van der Waals surface area contributed by atoms with Gasteiger partial charge in [0.05, 0.1) is 6.17 Å². The van der Waals surface area contributed by atoms with Gasteiger partial charge in [0, 0.05) is 0 Å². The molecule has 2 nitrogen and oxygen atoms in total. The SMILES string of the molecule is CCCCC(NCCC)NCCC. The van der Waals surface area contributed by atoms with Gasteiger partial charge >= 0.3 is 0 Å². The van der Waals surface area contributed by atoms with E-state index in [-0.39, 0.29) is 0 Å². The Labute approximate surface area is 83.5 Å². The summed E-state index contributed by atoms with van der Waals surface area (Å²) in [6, 6.07) is 0. The van der Waals surface area contributed by atoms with E-state index in [9.17, 15) is 0 Å². The van der Waals surface area contributed by atoms with Gasteiger partial charge in [0.2, 0.25) is 0 Å². The molecular formula is C11H26N2. The number of hydrogen-bond acceptors (Lipinski definition) is 2. The quantitative estimate of drug-likeness (QED) is 0.541. The molecule has 0 heterocycles. The van der Waals surface area contributed by atoms with Crippen LogP contribution in [0, 0.1) is 0 Å². The van der Waals surface area contributed by atoms with E-state index in [1.165, 1.54) is 32.1 Å². The van der Waals surface area contributed by atoms with Crippen LogP contribution in [-0.2, 0) is 0 Å². The highest BCUT2D eigenvalue weighted by Crippen LogP contribution is 1.98. The maximum atomic E-state index is 3.53. The summed E-state index contributed by atoms with van der Waals surface area (Å²) < 4.78 is 0. The lowest BCUT2D eigenvalue weighted by atomic mass is 10.2. The molecule has 80 valence electrons. The molecule has 13 heavy (non-hydrogen) atoms. The highest BCUT2D eigenvalue weighted by molar-refractivity contribution is 4.63. The van der Waals surface area contributed by atoms with Crippen molar-refractivity contribution in [1.29, 1.82) is 0 Å². The maximum absolute atomic E-state index is 3.53. The summed E-state index contributed by atoms with van der Waals surface area (Å²) in [5.41, 5.74) is 0. The first-order valence-electron chi connectivity index (χ1n) is 5.81. The zero-order valence-corrected chi connectivity index (χ0v) is 9.53. The second-order valence-corrected chi connectivity index (χ2v) is 3.60. The molecule has 0 saturated carbocycles. The summed E-state index contributed by atoms with van der Waals surface area (Å²) in [5.74, 6) is 0. The lowest BCUT2D eigenvalue weighted by Gasteiger charge is -2.19. The van der Waals surface area contributed by atoms with Crippen molar-refractivity contribution >= 4 is 0 Å². The summed E-state index contributed by atoms with van der Waals surface area (Å²) in [5, 5.41) is 7.06. The zero-order chi connectivity index (χ0) is 9.94. The molecule has 0 aliphatic heterocycles. The van der Waals surface area contributed by atoms with Crippen LogP contribution in [0.3, 0.4) is 0 Å². The molecule has 0 unspecified atom stereocenters. The third kappa shape index (κ3) is 8.26. The Balaban J connectivity index is 3.47. The van der Waals surface area contributed by atoms with Crippen molar-refractivity contribution in [3.8, 4) is 0 Å². The number of unbranched alkanes of at least 4 members (excludes halogenated alkanes) is 1. The number of rotatable bonds is 9. The van der Waals surface area contributed by atoms with Crippen LogP contribution in [-0.4, -0.2) is 19.3 Å². The van der Waals surface area contributed by atoms with Gasteiger partial charge in [-0.15, -0.1) is 0 Å². The molecule has 2 heteroatoms. The molecule has 0 saturated heterocycles. The van der Waals surface area contributed by atoms with Gasteiger partial charge in [-0.2, -0.15) is 0 Å². The third-order valence-corrected chi connectivity index (χ3v) is 2.13. The van der Waals surface area contributed by atoms with Crippen molar-refractivity contribution in [2.45, 2.75) is 59.0 Å². The van der Waals surface area contributed by atoms with Crippen LogP contribution in [0.2, 0.25) is 0 Å². The van der Waals surface area contributed by atoms with E-state index < -0.39 is 0 Å². The second kappa shape index (κ2) is 10.0. The minimum atomic E-state index is 0.542. The van der Waals surface area contributed by atoms with Gasteiger partial charge in [-0.1, -0.05) is 33.6 Å². The fraction of sp³-hybridized carbons (Fsp3) is 1.00. The molecule has 0 bridgehead atoms. The van der Waals surface area contributed by atoms with E-state index in [1.807, 2.05) is 0 Å². The first kappa shape index (κ1) is 12.9. The Morgan fingerprint density at radius 2 is 1.38 bits per heavy atom. The fourth-order valence-electron chi connectivity index (χ4n) is 1.32. The predicted octanol–water partition coefficient (Wildman–Crippen LogP) is 2.50. The Morgan fingerprint density at radius 3 is 1.77 bits per heavy atom. The van der Waals surface area contributed by atoms with Crippen molar-refractivity contribution in [3.63, 3.8) is 0 Å². The smallest absolute Gasteiger partial charge is 0.0571 e. The lowest BCUT2D eigenvalue weighted by Crippen LogP contribution is -2.42. The Hall–Kier alpha value is -0.0800. The molecule has 0 amide bonds. The van der Waals surface area contributed by atoms with Crippen molar-refractivity contribution in [1.82, 2.24) is 10.6 Å². The van der Waals surface area contributed by atoms with E-state index >= 15 is 0 Å². The Bertz CT molecular complexity index is 75.1. The second-order valence-electron chi connectivity index (χ2n) is 3.60. The predicted molar refractivity (Wildman–Crippen MR) is 59.9 cm³/mol. The van der Waals surface area contributed by atoms with Gasteiger partial charge in [-0.25, -0.2) is 0 Å². The molecule has 0 aliphatic carbocycles. The highest BCUT2D eigenvalue weighted by Gasteiger charge is 2.03. The normalized spacial score (nSPS) is 11.1. The summed E-state index contributed by atoms with van der Waals surface area (Å²) in [4.78, 5) is 0. The first-order chi connectivity index (χ1) is 6.35. The minimum Gasteiger partial charge on any atom is -0.302 e. The topological polar surface area (TPSA) is 24.1 Å². The van der Waals surface area contributed by atoms with Gasteiger partial charge in [-0.05, 0) is 32.4 Å². The van der Waals surface area contributed by atoms with Gasteiger partial charge < -0.3 is 10.6 Å². The minimum absolute atomic E-state index is 0.542. The van der Waals surface area contributed by atoms with Crippen molar-refractivity contribution < 1.29 is 0 Å². The van der Waals surface area contributed by atoms with E-state index in [0.717, 1.165) is 13.1 Å². The average molecular weight is 186 g/mol. The summed E-state index contributed by atoms with van der Waals surface area (Å²) in [7, 11) is 0. The average Bonchev–Trinajstić information content (AvgIpc) is 2.17. The molecule has 0 spiro atoms. The summed E-state index contributed by atoms with van der Waals surface area (Å²) >= 11 is 0. The fourth-order valence-corrected chi connectivity index (χ4v) is 1.32. The van der Waals surface area contributed by atoms with Gasteiger partial charge in [0.25, 0.3) is 0 Å². The van der Waals surface area contributed by atoms with Crippen LogP contribution in [0.1, 0.15) is 52.9 Å². The van der Waals surface area contributed by atoms with Crippen molar-refractivity contribution in [3.05, 3.63) is 0 Å². The third-order valence-electron chi connectivity index (χ3n) is 2.13. The van der Waals surface area contributed by atoms with Gasteiger partial charge in [0.15, 0.2) is 0 Å². The summed E-state index contributed by atoms with van der Waals surface area (Å²) in [6.07, 6.45) is 6.85. The number of hydrogen-bond donors (Lipinski definition) is 2. The monoisotopic (exact) mass is 186 g/mol. The Morgan fingerprint density at radius 1 is 0.846 bits per heavy atom. The molecular weight excluding hydrogens is 160 g/mol. The van der Waals surface area contributed by atoms with Crippen molar-refractivity contribution in [2.24, 2.45) is 0 Å². The molecule has 2 N–H and O–H groups in total.